The SMILES string of the molecule is [N-]=[N+]=NCCCNC(C(=O)O)c1ccc(Cl)cc1F. The van der Waals surface area contributed by atoms with E-state index in [0.717, 1.165) is 6.07 Å². The Labute approximate surface area is 113 Å². The first-order valence-electron chi connectivity index (χ1n) is 5.48. The number of nitrogens with one attached hydrogen (secondary N) is 1. The molecule has 0 spiro atoms. The van der Waals surface area contributed by atoms with Gasteiger partial charge in [-0.2, -0.15) is 0 Å². The van der Waals surface area contributed by atoms with E-state index in [1.165, 1.54) is 12.1 Å². The molecule has 1 rings (SSSR count). The van der Waals surface area contributed by atoms with Gasteiger partial charge in [0.2, 0.25) is 0 Å². The van der Waals surface area contributed by atoms with Gasteiger partial charge in [0.25, 0.3) is 0 Å². The Hall–Kier alpha value is -1.82. The van der Waals surface area contributed by atoms with Crippen molar-refractivity contribution in [3.8, 4) is 0 Å². The number of nitrogens with zero attached hydrogens (tertiary/aromatic N) is 3. The van der Waals surface area contributed by atoms with Gasteiger partial charge in [0, 0.05) is 22.0 Å². The Morgan fingerprint density at radius 2 is 2.37 bits per heavy atom. The van der Waals surface area contributed by atoms with E-state index in [1.54, 1.807) is 0 Å². The summed E-state index contributed by atoms with van der Waals surface area (Å²) in [5.74, 6) is -1.87. The van der Waals surface area contributed by atoms with Crippen LogP contribution >= 0.6 is 11.6 Å². The van der Waals surface area contributed by atoms with Gasteiger partial charge in [-0.15, -0.1) is 0 Å². The average Bonchev–Trinajstić information content (AvgIpc) is 2.35. The van der Waals surface area contributed by atoms with Gasteiger partial charge in [-0.05, 0) is 30.6 Å². The summed E-state index contributed by atoms with van der Waals surface area (Å²) in [7, 11) is 0. The Balaban J connectivity index is 2.71. The molecule has 0 aliphatic heterocycles. The van der Waals surface area contributed by atoms with E-state index < -0.39 is 17.8 Å². The van der Waals surface area contributed by atoms with Crippen molar-refractivity contribution >= 4 is 17.6 Å². The topological polar surface area (TPSA) is 98.1 Å². The summed E-state index contributed by atoms with van der Waals surface area (Å²) in [6.45, 7) is 0.539. The standard InChI is InChI=1S/C11H12ClFN4O2/c12-7-2-3-8(9(13)6-7)10(11(18)19)15-4-1-5-16-17-14/h2-3,6,10,15H,1,4-5H2,(H,18,19). The van der Waals surface area contributed by atoms with Gasteiger partial charge in [0.1, 0.15) is 11.9 Å². The summed E-state index contributed by atoms with van der Waals surface area (Å²) in [5, 5.41) is 15.3. The maximum absolute atomic E-state index is 13.6. The van der Waals surface area contributed by atoms with Crippen LogP contribution in [-0.4, -0.2) is 24.2 Å². The predicted octanol–water partition coefficient (Wildman–Crippen LogP) is 2.89. The molecule has 0 aliphatic rings. The second kappa shape index (κ2) is 7.58. The molecule has 0 amide bonds. The third kappa shape index (κ3) is 4.75. The zero-order valence-corrected chi connectivity index (χ0v) is 10.6. The van der Waals surface area contributed by atoms with Gasteiger partial charge >= 0.3 is 5.97 Å². The monoisotopic (exact) mass is 286 g/mol. The molecular weight excluding hydrogens is 275 g/mol. The van der Waals surface area contributed by atoms with Crippen LogP contribution in [0.2, 0.25) is 5.02 Å². The molecule has 6 nitrogen and oxygen atoms in total. The van der Waals surface area contributed by atoms with Crippen molar-refractivity contribution in [1.29, 1.82) is 0 Å². The van der Waals surface area contributed by atoms with E-state index in [9.17, 15) is 9.18 Å². The van der Waals surface area contributed by atoms with E-state index >= 15 is 0 Å². The minimum Gasteiger partial charge on any atom is -0.480 e. The van der Waals surface area contributed by atoms with Crippen molar-refractivity contribution < 1.29 is 14.3 Å². The van der Waals surface area contributed by atoms with Gasteiger partial charge in [-0.1, -0.05) is 22.8 Å². The normalized spacial score (nSPS) is 11.7. The lowest BCUT2D eigenvalue weighted by molar-refractivity contribution is -0.139. The smallest absolute Gasteiger partial charge is 0.325 e. The number of carbonyl (C=O) groups is 1. The quantitative estimate of drug-likeness (QED) is 0.349. The molecule has 1 atom stereocenters. The summed E-state index contributed by atoms with van der Waals surface area (Å²) in [4.78, 5) is 13.7. The van der Waals surface area contributed by atoms with Crippen molar-refractivity contribution in [2.75, 3.05) is 13.1 Å². The number of azide groups is 1. The van der Waals surface area contributed by atoms with E-state index in [4.69, 9.17) is 22.2 Å². The van der Waals surface area contributed by atoms with Gasteiger partial charge in [-0.25, -0.2) is 4.39 Å². The molecule has 1 aromatic carbocycles. The van der Waals surface area contributed by atoms with E-state index in [-0.39, 0.29) is 23.7 Å². The first kappa shape index (κ1) is 15.2. The van der Waals surface area contributed by atoms with Crippen LogP contribution in [-0.2, 0) is 4.79 Å². The molecule has 1 unspecified atom stereocenters. The van der Waals surface area contributed by atoms with Crippen molar-refractivity contribution in [2.45, 2.75) is 12.5 Å². The lowest BCUT2D eigenvalue weighted by Crippen LogP contribution is -2.30. The Morgan fingerprint density at radius 1 is 1.63 bits per heavy atom. The van der Waals surface area contributed by atoms with Crippen LogP contribution < -0.4 is 5.32 Å². The molecule has 0 aromatic heterocycles. The number of hydrogen-bond acceptors (Lipinski definition) is 3. The van der Waals surface area contributed by atoms with E-state index in [1.807, 2.05) is 0 Å². The number of carboxylic acids is 1. The number of carboxylic acid groups (broad SMARTS) is 1. The number of hydrogen-bond donors (Lipinski definition) is 2. The third-order valence-corrected chi connectivity index (χ3v) is 2.60. The lowest BCUT2D eigenvalue weighted by Gasteiger charge is -2.15. The number of aliphatic carboxylic acids is 1. The van der Waals surface area contributed by atoms with Gasteiger partial charge in [-0.3, -0.25) is 4.79 Å². The molecule has 102 valence electrons. The first-order chi connectivity index (χ1) is 9.06. The fraction of sp³-hybridized carbons (Fsp3) is 0.364. The summed E-state index contributed by atoms with van der Waals surface area (Å²) < 4.78 is 13.6. The van der Waals surface area contributed by atoms with Crippen molar-refractivity contribution in [1.82, 2.24) is 5.32 Å². The minimum absolute atomic E-state index is 0.0145. The molecule has 0 aliphatic carbocycles. The lowest BCUT2D eigenvalue weighted by atomic mass is 10.1. The van der Waals surface area contributed by atoms with Crippen LogP contribution in [0.4, 0.5) is 4.39 Å². The van der Waals surface area contributed by atoms with Crippen LogP contribution in [0.1, 0.15) is 18.0 Å². The van der Waals surface area contributed by atoms with Crippen molar-refractivity contribution in [3.05, 3.63) is 45.0 Å². The predicted molar refractivity (Wildman–Crippen MR) is 68.4 cm³/mol. The molecule has 0 fully saturated rings. The summed E-state index contributed by atoms with van der Waals surface area (Å²) in [5.41, 5.74) is 8.10. The molecule has 0 radical (unpaired) electrons. The van der Waals surface area contributed by atoms with Crippen LogP contribution in [0.15, 0.2) is 23.3 Å². The zero-order valence-electron chi connectivity index (χ0n) is 9.88. The molecule has 0 heterocycles. The van der Waals surface area contributed by atoms with Crippen LogP contribution in [0.25, 0.3) is 10.4 Å². The molecular formula is C11H12ClFN4O2. The highest BCUT2D eigenvalue weighted by molar-refractivity contribution is 6.30. The maximum Gasteiger partial charge on any atom is 0.325 e. The number of halogens is 2. The van der Waals surface area contributed by atoms with E-state index in [0.29, 0.717) is 6.42 Å². The number of benzene rings is 1. The molecule has 19 heavy (non-hydrogen) atoms. The van der Waals surface area contributed by atoms with Crippen molar-refractivity contribution in [3.63, 3.8) is 0 Å². The van der Waals surface area contributed by atoms with Crippen LogP contribution in [0, 0.1) is 5.82 Å². The molecule has 0 saturated carbocycles. The second-order valence-corrected chi connectivity index (χ2v) is 4.14. The molecule has 8 heteroatoms. The second-order valence-electron chi connectivity index (χ2n) is 3.70. The summed E-state index contributed by atoms with van der Waals surface area (Å²) in [6.07, 6.45) is 0.461. The minimum atomic E-state index is -1.19. The Bertz CT molecular complexity index is 505. The fourth-order valence-electron chi connectivity index (χ4n) is 1.51. The number of rotatable bonds is 7. The van der Waals surface area contributed by atoms with Crippen molar-refractivity contribution in [2.24, 2.45) is 5.11 Å². The molecule has 1 aromatic rings. The molecule has 2 N–H and O–H groups in total. The molecule has 0 saturated heterocycles. The molecule has 0 bridgehead atoms. The highest BCUT2D eigenvalue weighted by atomic mass is 35.5. The maximum atomic E-state index is 13.6. The fourth-order valence-corrected chi connectivity index (χ4v) is 1.67. The van der Waals surface area contributed by atoms with Gasteiger partial charge in [0.15, 0.2) is 0 Å². The highest BCUT2D eigenvalue weighted by Crippen LogP contribution is 2.21. The highest BCUT2D eigenvalue weighted by Gasteiger charge is 2.22. The van der Waals surface area contributed by atoms with Crippen LogP contribution in [0.5, 0.6) is 0 Å². The average molecular weight is 287 g/mol. The van der Waals surface area contributed by atoms with Crippen LogP contribution in [0.3, 0.4) is 0 Å². The third-order valence-electron chi connectivity index (χ3n) is 2.37. The van der Waals surface area contributed by atoms with E-state index in [2.05, 4.69) is 15.3 Å². The zero-order chi connectivity index (χ0) is 14.3. The summed E-state index contributed by atoms with van der Waals surface area (Å²) >= 11 is 5.61. The van der Waals surface area contributed by atoms with Gasteiger partial charge in [0.05, 0.1) is 0 Å². The largest absolute Gasteiger partial charge is 0.480 e. The summed E-state index contributed by atoms with van der Waals surface area (Å²) in [6, 6.07) is 2.66. The Morgan fingerprint density at radius 3 is 2.95 bits per heavy atom. The first-order valence-corrected chi connectivity index (χ1v) is 5.86. The van der Waals surface area contributed by atoms with Gasteiger partial charge < -0.3 is 10.4 Å². The Kier molecular flexibility index (Phi) is 6.08.